The standard InChI is InChI=1S/C14H16ClF2NO/c1-8-7-10(16)13(17)11(12(8)15)14(19)18-9-5-3-2-4-6-9/h7,9H,2-6H2,1H3,(H,18,19). The normalized spacial score (nSPS) is 16.4. The van der Waals surface area contributed by atoms with Gasteiger partial charge in [0.25, 0.3) is 5.91 Å². The molecule has 1 aromatic rings. The molecule has 0 aliphatic heterocycles. The molecule has 0 bridgehead atoms. The molecular formula is C14H16ClF2NO. The van der Waals surface area contributed by atoms with Gasteiger partial charge in [0, 0.05) is 6.04 Å². The predicted molar refractivity (Wildman–Crippen MR) is 70.4 cm³/mol. The Kier molecular flexibility index (Phi) is 4.40. The van der Waals surface area contributed by atoms with E-state index in [-0.39, 0.29) is 16.6 Å². The van der Waals surface area contributed by atoms with Crippen LogP contribution in [-0.2, 0) is 0 Å². The van der Waals surface area contributed by atoms with E-state index in [4.69, 9.17) is 11.6 Å². The summed E-state index contributed by atoms with van der Waals surface area (Å²) in [6, 6.07) is 1.02. The number of halogens is 3. The number of benzene rings is 1. The fourth-order valence-corrected chi connectivity index (χ4v) is 2.66. The molecule has 0 saturated heterocycles. The van der Waals surface area contributed by atoms with Crippen LogP contribution in [0.1, 0.15) is 48.0 Å². The molecule has 0 unspecified atom stereocenters. The molecule has 2 nitrogen and oxygen atoms in total. The first-order valence-corrected chi connectivity index (χ1v) is 6.83. The maximum absolute atomic E-state index is 13.7. The van der Waals surface area contributed by atoms with E-state index in [1.165, 1.54) is 0 Å². The molecule has 1 aliphatic carbocycles. The van der Waals surface area contributed by atoms with Crippen molar-refractivity contribution in [2.24, 2.45) is 0 Å². The summed E-state index contributed by atoms with van der Waals surface area (Å²) in [7, 11) is 0. The third kappa shape index (κ3) is 3.06. The minimum Gasteiger partial charge on any atom is -0.349 e. The molecule has 1 amide bonds. The Hall–Kier alpha value is -1.16. The number of amides is 1. The number of aryl methyl sites for hydroxylation is 1. The van der Waals surface area contributed by atoms with Crippen LogP contribution in [0.5, 0.6) is 0 Å². The summed E-state index contributed by atoms with van der Waals surface area (Å²) in [5, 5.41) is 2.72. The zero-order valence-corrected chi connectivity index (χ0v) is 11.5. The van der Waals surface area contributed by atoms with Crippen molar-refractivity contribution in [3.8, 4) is 0 Å². The summed E-state index contributed by atoms with van der Waals surface area (Å²) in [4.78, 5) is 12.1. The Balaban J connectivity index is 2.23. The highest BCUT2D eigenvalue weighted by atomic mass is 35.5. The molecule has 1 fully saturated rings. The lowest BCUT2D eigenvalue weighted by Crippen LogP contribution is -2.37. The van der Waals surface area contributed by atoms with Gasteiger partial charge < -0.3 is 5.32 Å². The molecule has 104 valence electrons. The second-order valence-electron chi connectivity index (χ2n) is 4.99. The summed E-state index contributed by atoms with van der Waals surface area (Å²) >= 11 is 5.92. The Morgan fingerprint density at radius 3 is 2.58 bits per heavy atom. The zero-order valence-electron chi connectivity index (χ0n) is 10.7. The Morgan fingerprint density at radius 1 is 1.32 bits per heavy atom. The SMILES string of the molecule is Cc1cc(F)c(F)c(C(=O)NC2CCCCC2)c1Cl. The van der Waals surface area contributed by atoms with Gasteiger partial charge in [-0.3, -0.25) is 4.79 Å². The minimum atomic E-state index is -1.18. The molecule has 5 heteroatoms. The molecule has 2 rings (SSSR count). The van der Waals surface area contributed by atoms with Gasteiger partial charge in [-0.2, -0.15) is 0 Å². The van der Waals surface area contributed by atoms with Crippen LogP contribution in [0.15, 0.2) is 6.07 Å². The van der Waals surface area contributed by atoms with Crippen LogP contribution < -0.4 is 5.32 Å². The lowest BCUT2D eigenvalue weighted by molar-refractivity contribution is 0.0922. The van der Waals surface area contributed by atoms with Gasteiger partial charge >= 0.3 is 0 Å². The highest BCUT2D eigenvalue weighted by Gasteiger charge is 2.24. The van der Waals surface area contributed by atoms with E-state index < -0.39 is 17.5 Å². The van der Waals surface area contributed by atoms with Crippen LogP contribution >= 0.6 is 11.6 Å². The fourth-order valence-electron chi connectivity index (χ4n) is 2.43. The van der Waals surface area contributed by atoms with Gasteiger partial charge in [0.05, 0.1) is 10.6 Å². The number of hydrogen-bond donors (Lipinski definition) is 1. The first-order chi connectivity index (χ1) is 9.00. The van der Waals surface area contributed by atoms with Crippen LogP contribution in [-0.4, -0.2) is 11.9 Å². The number of rotatable bonds is 2. The summed E-state index contributed by atoms with van der Waals surface area (Å²) in [6.07, 6.45) is 4.99. The van der Waals surface area contributed by atoms with Gasteiger partial charge in [0.15, 0.2) is 11.6 Å². The van der Waals surface area contributed by atoms with Gasteiger partial charge in [-0.15, -0.1) is 0 Å². The number of carbonyl (C=O) groups is 1. The van der Waals surface area contributed by atoms with Crippen molar-refractivity contribution in [2.75, 3.05) is 0 Å². The third-order valence-corrected chi connectivity index (χ3v) is 3.99. The van der Waals surface area contributed by atoms with Crippen LogP contribution in [0, 0.1) is 18.6 Å². The maximum atomic E-state index is 13.7. The Morgan fingerprint density at radius 2 is 1.95 bits per heavy atom. The van der Waals surface area contributed by atoms with Gasteiger partial charge in [-0.25, -0.2) is 8.78 Å². The lowest BCUT2D eigenvalue weighted by Gasteiger charge is -2.23. The number of carbonyl (C=O) groups excluding carboxylic acids is 1. The van der Waals surface area contributed by atoms with E-state index in [9.17, 15) is 13.6 Å². The van der Waals surface area contributed by atoms with Crippen LogP contribution in [0.2, 0.25) is 5.02 Å². The van der Waals surface area contributed by atoms with Gasteiger partial charge in [0.2, 0.25) is 0 Å². The quantitative estimate of drug-likeness (QED) is 0.819. The lowest BCUT2D eigenvalue weighted by atomic mass is 9.95. The van der Waals surface area contributed by atoms with Crippen molar-refractivity contribution in [3.05, 3.63) is 33.9 Å². The highest BCUT2D eigenvalue weighted by Crippen LogP contribution is 2.26. The minimum absolute atomic E-state index is 0.0211. The molecule has 0 radical (unpaired) electrons. The van der Waals surface area contributed by atoms with Gasteiger partial charge in [-0.05, 0) is 31.4 Å². The van der Waals surface area contributed by atoms with Crippen molar-refractivity contribution in [1.29, 1.82) is 0 Å². The zero-order chi connectivity index (χ0) is 14.0. The van der Waals surface area contributed by atoms with E-state index in [1.54, 1.807) is 6.92 Å². The predicted octanol–water partition coefficient (Wildman–Crippen LogP) is 3.99. The topological polar surface area (TPSA) is 29.1 Å². The van der Waals surface area contributed by atoms with E-state index in [1.807, 2.05) is 0 Å². The largest absolute Gasteiger partial charge is 0.349 e. The van der Waals surface area contributed by atoms with Crippen molar-refractivity contribution in [2.45, 2.75) is 45.1 Å². The number of nitrogens with one attached hydrogen (secondary N) is 1. The maximum Gasteiger partial charge on any atom is 0.256 e. The summed E-state index contributed by atoms with van der Waals surface area (Å²) in [5.74, 6) is -2.85. The van der Waals surface area contributed by atoms with E-state index in [2.05, 4.69) is 5.32 Å². The fraction of sp³-hybridized carbons (Fsp3) is 0.500. The monoisotopic (exact) mass is 287 g/mol. The molecule has 1 aliphatic rings. The smallest absolute Gasteiger partial charge is 0.256 e. The summed E-state index contributed by atoms with van der Waals surface area (Å²) in [5.41, 5.74) is -0.0286. The molecule has 0 spiro atoms. The average Bonchev–Trinajstić information content (AvgIpc) is 2.38. The van der Waals surface area contributed by atoms with E-state index >= 15 is 0 Å². The first kappa shape index (κ1) is 14.3. The molecule has 19 heavy (non-hydrogen) atoms. The molecule has 0 heterocycles. The van der Waals surface area contributed by atoms with Crippen molar-refractivity contribution >= 4 is 17.5 Å². The molecular weight excluding hydrogens is 272 g/mol. The molecule has 1 N–H and O–H groups in total. The van der Waals surface area contributed by atoms with Crippen LogP contribution in [0.4, 0.5) is 8.78 Å². The second kappa shape index (κ2) is 5.87. The van der Waals surface area contributed by atoms with E-state index in [0.29, 0.717) is 5.56 Å². The number of hydrogen-bond acceptors (Lipinski definition) is 1. The van der Waals surface area contributed by atoms with Gasteiger partial charge in [0.1, 0.15) is 0 Å². The molecule has 0 aromatic heterocycles. The summed E-state index contributed by atoms with van der Waals surface area (Å²) in [6.45, 7) is 1.54. The Labute approximate surface area is 116 Å². The van der Waals surface area contributed by atoms with E-state index in [0.717, 1.165) is 38.2 Å². The van der Waals surface area contributed by atoms with Crippen molar-refractivity contribution < 1.29 is 13.6 Å². The molecule has 1 aromatic carbocycles. The van der Waals surface area contributed by atoms with Crippen molar-refractivity contribution in [3.63, 3.8) is 0 Å². The first-order valence-electron chi connectivity index (χ1n) is 6.45. The third-order valence-electron chi connectivity index (χ3n) is 3.51. The van der Waals surface area contributed by atoms with Crippen LogP contribution in [0.25, 0.3) is 0 Å². The molecule has 1 saturated carbocycles. The van der Waals surface area contributed by atoms with Crippen LogP contribution in [0.3, 0.4) is 0 Å². The summed E-state index contributed by atoms with van der Waals surface area (Å²) < 4.78 is 27.1. The van der Waals surface area contributed by atoms with Crippen molar-refractivity contribution in [1.82, 2.24) is 5.32 Å². The highest BCUT2D eigenvalue weighted by molar-refractivity contribution is 6.34. The Bertz CT molecular complexity index is 472. The van der Waals surface area contributed by atoms with Gasteiger partial charge in [-0.1, -0.05) is 30.9 Å². The molecule has 0 atom stereocenters. The average molecular weight is 288 g/mol. The second-order valence-corrected chi connectivity index (χ2v) is 5.36.